The molecule has 2 aliphatic carbocycles. The molecule has 0 bridgehead atoms. The summed E-state index contributed by atoms with van der Waals surface area (Å²) in [5.74, 6) is 2.02. The number of ether oxygens (including phenoxy) is 1. The lowest BCUT2D eigenvalue weighted by Gasteiger charge is -2.39. The fourth-order valence-corrected chi connectivity index (χ4v) is 6.74. The fourth-order valence-electron chi connectivity index (χ4n) is 5.95. The van der Waals surface area contributed by atoms with Gasteiger partial charge in [0.25, 0.3) is 18.3 Å². The van der Waals surface area contributed by atoms with Crippen molar-refractivity contribution < 1.29 is 31.9 Å². The van der Waals surface area contributed by atoms with Crippen molar-refractivity contribution in [1.82, 2.24) is 24.8 Å². The Bertz CT molecular complexity index is 1980. The molecule has 7 rings (SSSR count). The third kappa shape index (κ3) is 5.76. The Morgan fingerprint density at radius 2 is 1.89 bits per heavy atom. The van der Waals surface area contributed by atoms with E-state index >= 15 is 0 Å². The van der Waals surface area contributed by atoms with Gasteiger partial charge >= 0.3 is 0 Å². The van der Waals surface area contributed by atoms with Gasteiger partial charge in [-0.05, 0) is 50.1 Å². The van der Waals surface area contributed by atoms with E-state index in [1.807, 2.05) is 7.05 Å². The van der Waals surface area contributed by atoms with Gasteiger partial charge in [0.2, 0.25) is 5.91 Å². The summed E-state index contributed by atoms with van der Waals surface area (Å²) in [5.41, 5.74) is 0.592. The van der Waals surface area contributed by atoms with Crippen LogP contribution in [0.1, 0.15) is 53.9 Å². The van der Waals surface area contributed by atoms with Gasteiger partial charge in [0.05, 0.1) is 19.5 Å². The Labute approximate surface area is 270 Å². The number of nitrogens with one attached hydrogen (secondary N) is 1. The number of rotatable bonds is 6. The van der Waals surface area contributed by atoms with Crippen LogP contribution >= 0.6 is 11.3 Å². The number of likely N-dealkylation sites (N-methyl/N-ethyl adjacent to an activating group) is 1. The number of fused-ring (bicyclic) bond motifs is 1. The number of hydrogen-bond donors (Lipinski definition) is 1. The average molecular weight is 666 g/mol. The summed E-state index contributed by atoms with van der Waals surface area (Å²) in [4.78, 5) is 48.2. The van der Waals surface area contributed by atoms with Gasteiger partial charge in [-0.25, -0.2) is 27.5 Å². The largest absolute Gasteiger partial charge is 0.494 e. The number of benzene rings is 1. The number of aromatic nitrogens is 4. The zero-order valence-electron chi connectivity index (χ0n) is 25.2. The Balaban J connectivity index is 1.22. The maximum Gasteiger partial charge on any atom is 0.280 e. The van der Waals surface area contributed by atoms with Crippen LogP contribution in [0.5, 0.6) is 5.75 Å². The van der Waals surface area contributed by atoms with E-state index in [1.54, 1.807) is 17.0 Å². The average Bonchev–Trinajstić information content (AvgIpc) is 3.75. The zero-order chi connectivity index (χ0) is 33.1. The number of piperazine rings is 1. The summed E-state index contributed by atoms with van der Waals surface area (Å²) in [6.07, 6.45) is 0.626. The number of alkyl halides is 4. The lowest BCUT2D eigenvalue weighted by molar-refractivity contribution is -0.126. The first kappa shape index (κ1) is 30.9. The van der Waals surface area contributed by atoms with Gasteiger partial charge in [-0.3, -0.25) is 24.8 Å². The van der Waals surface area contributed by atoms with E-state index in [-0.39, 0.29) is 57.7 Å². The zero-order valence-corrected chi connectivity index (χ0v) is 26.0. The summed E-state index contributed by atoms with van der Waals surface area (Å²) < 4.78 is 59.3. The molecule has 15 heteroatoms. The summed E-state index contributed by atoms with van der Waals surface area (Å²) >= 11 is 1.04. The molecule has 10 nitrogen and oxygen atoms in total. The SMILES string of the molecule is COc1cnc(C(F)F)cc1-c1cc(N2CCN(C)C3(CC3)C2=O)ccc1C(=O)Nc1nc2ncc(C#CC3CC(F)(F)C3)nc2s1. The van der Waals surface area contributed by atoms with E-state index in [0.29, 0.717) is 23.6 Å². The second kappa shape index (κ2) is 11.5. The normalized spacial score (nSPS) is 18.6. The Kier molecular flexibility index (Phi) is 7.59. The first-order valence-corrected chi connectivity index (χ1v) is 15.6. The highest BCUT2D eigenvalue weighted by Gasteiger charge is 2.57. The van der Waals surface area contributed by atoms with E-state index in [4.69, 9.17) is 4.74 Å². The van der Waals surface area contributed by atoms with E-state index in [0.717, 1.165) is 24.2 Å². The van der Waals surface area contributed by atoms with Crippen LogP contribution in [0.25, 0.3) is 21.6 Å². The molecule has 47 heavy (non-hydrogen) atoms. The maximum atomic E-state index is 13.8. The molecule has 0 atom stereocenters. The van der Waals surface area contributed by atoms with Crippen LogP contribution in [-0.4, -0.2) is 75.4 Å². The standard InChI is InChI=1S/C32H27F4N7O3S/c1-42-9-10-43(29(45)31(42)7-8-31)19-5-6-20(21(11-19)22-12-23(25(33)34)37-16-24(22)46-2)27(44)41-30-40-26-28(47-30)39-18(15-38-26)4-3-17-13-32(35,36)14-17/h5-6,11-12,15-17,25H,7-10,13-14H2,1-2H3,(H,38,40,41,44). The number of pyridine rings is 1. The fraction of sp³-hybridized carbons (Fsp3) is 0.375. The van der Waals surface area contributed by atoms with Crippen molar-refractivity contribution in [2.24, 2.45) is 5.92 Å². The molecule has 3 aromatic heterocycles. The van der Waals surface area contributed by atoms with Gasteiger partial charge in [-0.1, -0.05) is 17.3 Å². The molecule has 2 saturated carbocycles. The van der Waals surface area contributed by atoms with Crippen molar-refractivity contribution >= 4 is 44.4 Å². The van der Waals surface area contributed by atoms with Crippen LogP contribution in [0, 0.1) is 17.8 Å². The molecule has 1 spiro atoms. The number of anilines is 2. The van der Waals surface area contributed by atoms with Crippen molar-refractivity contribution in [2.75, 3.05) is 37.5 Å². The van der Waals surface area contributed by atoms with Gasteiger partial charge in [0.1, 0.15) is 22.7 Å². The molecule has 0 unspecified atom stereocenters. The van der Waals surface area contributed by atoms with Crippen LogP contribution < -0.4 is 15.0 Å². The monoisotopic (exact) mass is 665 g/mol. The highest BCUT2D eigenvalue weighted by molar-refractivity contribution is 7.21. The number of nitrogens with zero attached hydrogens (tertiary/aromatic N) is 6. The van der Waals surface area contributed by atoms with Crippen LogP contribution in [0.4, 0.5) is 28.4 Å². The minimum Gasteiger partial charge on any atom is -0.494 e. The van der Waals surface area contributed by atoms with Gasteiger partial charge in [-0.15, -0.1) is 0 Å². The van der Waals surface area contributed by atoms with Crippen molar-refractivity contribution in [3.05, 3.63) is 53.6 Å². The predicted octanol–water partition coefficient (Wildman–Crippen LogP) is 5.55. The van der Waals surface area contributed by atoms with Crippen LogP contribution in [-0.2, 0) is 4.79 Å². The van der Waals surface area contributed by atoms with E-state index < -0.39 is 35.4 Å². The lowest BCUT2D eigenvalue weighted by atomic mass is 9.82. The molecule has 3 aliphatic rings. The van der Waals surface area contributed by atoms with Gasteiger partial charge in [0, 0.05) is 54.2 Å². The lowest BCUT2D eigenvalue weighted by Crippen LogP contribution is -2.57. The van der Waals surface area contributed by atoms with E-state index in [1.165, 1.54) is 31.6 Å². The molecule has 4 aromatic rings. The molecule has 1 N–H and O–H groups in total. The molecule has 1 aromatic carbocycles. The Morgan fingerprint density at radius 1 is 1.11 bits per heavy atom. The first-order chi connectivity index (χ1) is 22.5. The number of halogens is 4. The molecule has 3 fully saturated rings. The topological polar surface area (TPSA) is 113 Å². The van der Waals surface area contributed by atoms with Gasteiger partial charge in [0.15, 0.2) is 15.6 Å². The number of amides is 2. The van der Waals surface area contributed by atoms with Crippen molar-refractivity contribution in [1.29, 1.82) is 0 Å². The minimum atomic E-state index is -2.87. The van der Waals surface area contributed by atoms with Gasteiger partial charge < -0.3 is 9.64 Å². The molecule has 2 amide bonds. The Morgan fingerprint density at radius 3 is 2.60 bits per heavy atom. The highest BCUT2D eigenvalue weighted by atomic mass is 32.1. The second-order valence-electron chi connectivity index (χ2n) is 11.8. The number of hydrogen-bond acceptors (Lipinski definition) is 9. The van der Waals surface area contributed by atoms with Crippen molar-refractivity contribution in [3.8, 4) is 28.7 Å². The summed E-state index contributed by atoms with van der Waals surface area (Å²) in [7, 11) is 3.29. The molecule has 1 aliphatic heterocycles. The third-order valence-electron chi connectivity index (χ3n) is 8.78. The summed E-state index contributed by atoms with van der Waals surface area (Å²) in [6, 6.07) is 6.00. The van der Waals surface area contributed by atoms with E-state index in [2.05, 4.69) is 42.0 Å². The third-order valence-corrected chi connectivity index (χ3v) is 9.63. The highest BCUT2D eigenvalue weighted by Crippen LogP contribution is 2.46. The second-order valence-corrected chi connectivity index (χ2v) is 12.8. The quantitative estimate of drug-likeness (QED) is 0.211. The molecular formula is C32H27F4N7O3S. The molecule has 242 valence electrons. The number of carbonyl (C=O) groups is 2. The van der Waals surface area contributed by atoms with Gasteiger partial charge in [-0.2, -0.15) is 4.98 Å². The smallest absolute Gasteiger partial charge is 0.280 e. The summed E-state index contributed by atoms with van der Waals surface area (Å²) in [6.45, 7) is 1.07. The number of carbonyl (C=O) groups excluding carboxylic acids is 2. The molecule has 0 radical (unpaired) electrons. The Hall–Kier alpha value is -4.68. The predicted molar refractivity (Wildman–Crippen MR) is 166 cm³/mol. The summed E-state index contributed by atoms with van der Waals surface area (Å²) in [5, 5.41) is 2.91. The van der Waals surface area contributed by atoms with Crippen molar-refractivity contribution in [3.63, 3.8) is 0 Å². The van der Waals surface area contributed by atoms with Crippen LogP contribution in [0.3, 0.4) is 0 Å². The first-order valence-electron chi connectivity index (χ1n) is 14.8. The number of methoxy groups -OCH3 is 1. The van der Waals surface area contributed by atoms with Crippen LogP contribution in [0.15, 0.2) is 36.7 Å². The maximum absolute atomic E-state index is 13.8. The van der Waals surface area contributed by atoms with Crippen LogP contribution in [0.2, 0.25) is 0 Å². The minimum absolute atomic E-state index is 0.0477. The molecule has 1 saturated heterocycles. The van der Waals surface area contributed by atoms with Crippen molar-refractivity contribution in [2.45, 2.75) is 43.6 Å². The molecule has 4 heterocycles. The van der Waals surface area contributed by atoms with E-state index in [9.17, 15) is 27.2 Å². The number of thiazole rings is 1. The molecular weight excluding hydrogens is 638 g/mol.